The Hall–Kier alpha value is -0.570. The molecule has 0 aromatic heterocycles. The van der Waals surface area contributed by atoms with Crippen LogP contribution >= 0.6 is 0 Å². The van der Waals surface area contributed by atoms with Crippen molar-refractivity contribution in [1.29, 1.82) is 0 Å². The fourth-order valence-electron chi connectivity index (χ4n) is 0.974. The van der Waals surface area contributed by atoms with Crippen molar-refractivity contribution in [1.82, 2.24) is 0 Å². The first-order chi connectivity index (χ1) is 4.67. The Bertz CT molecular complexity index is 249. The molecule has 56 valence electrons. The van der Waals surface area contributed by atoms with Crippen molar-refractivity contribution < 1.29 is 8.42 Å². The number of sulfone groups is 1. The van der Waals surface area contributed by atoms with Gasteiger partial charge in [-0.25, -0.2) is 8.42 Å². The van der Waals surface area contributed by atoms with Crippen molar-refractivity contribution in [2.24, 2.45) is 0 Å². The van der Waals surface area contributed by atoms with Crippen LogP contribution in [0, 0.1) is 0 Å². The van der Waals surface area contributed by atoms with Gasteiger partial charge in [0.1, 0.15) is 0 Å². The van der Waals surface area contributed by atoms with Gasteiger partial charge in [-0.2, -0.15) is 0 Å². The first-order valence-electron chi connectivity index (χ1n) is 3.16. The standard InChI is InChI=1S/C7H10O2S/c1-2-4-7-5-3-6-10(7,8)9/h2-3,5,7H,1,4,6H2. The summed E-state index contributed by atoms with van der Waals surface area (Å²) in [4.78, 5) is 0. The highest BCUT2D eigenvalue weighted by Gasteiger charge is 2.24. The fraction of sp³-hybridized carbons (Fsp3) is 0.429. The normalized spacial score (nSPS) is 28.6. The van der Waals surface area contributed by atoms with E-state index < -0.39 is 9.84 Å². The summed E-state index contributed by atoms with van der Waals surface area (Å²) >= 11 is 0. The summed E-state index contributed by atoms with van der Waals surface area (Å²) < 4.78 is 22.1. The zero-order chi connectivity index (χ0) is 7.61. The van der Waals surface area contributed by atoms with E-state index in [4.69, 9.17) is 0 Å². The molecule has 0 amide bonds. The third-order valence-corrected chi connectivity index (χ3v) is 3.47. The van der Waals surface area contributed by atoms with E-state index in [9.17, 15) is 8.42 Å². The van der Waals surface area contributed by atoms with Crippen LogP contribution in [0.4, 0.5) is 0 Å². The Balaban J connectivity index is 2.77. The molecule has 1 unspecified atom stereocenters. The summed E-state index contributed by atoms with van der Waals surface area (Å²) in [7, 11) is -2.83. The van der Waals surface area contributed by atoms with Gasteiger partial charge in [-0.15, -0.1) is 6.58 Å². The van der Waals surface area contributed by atoms with Crippen molar-refractivity contribution in [3.8, 4) is 0 Å². The molecule has 0 bridgehead atoms. The molecule has 0 aromatic rings. The van der Waals surface area contributed by atoms with Crippen molar-refractivity contribution in [2.75, 3.05) is 5.75 Å². The summed E-state index contributed by atoms with van der Waals surface area (Å²) in [5.74, 6) is 0.200. The number of hydrogen-bond donors (Lipinski definition) is 0. The largest absolute Gasteiger partial charge is 0.228 e. The molecule has 1 aliphatic heterocycles. The third-order valence-electron chi connectivity index (χ3n) is 1.54. The maximum atomic E-state index is 11.0. The lowest BCUT2D eigenvalue weighted by Gasteiger charge is -2.02. The molecule has 1 rings (SSSR count). The minimum Gasteiger partial charge on any atom is -0.228 e. The first kappa shape index (κ1) is 7.54. The lowest BCUT2D eigenvalue weighted by molar-refractivity contribution is 0.594. The molecule has 0 saturated heterocycles. The van der Waals surface area contributed by atoms with Gasteiger partial charge in [0.05, 0.1) is 11.0 Å². The Morgan fingerprint density at radius 1 is 1.70 bits per heavy atom. The van der Waals surface area contributed by atoms with E-state index in [-0.39, 0.29) is 11.0 Å². The molecule has 0 N–H and O–H groups in total. The molecule has 10 heavy (non-hydrogen) atoms. The van der Waals surface area contributed by atoms with Crippen LogP contribution in [0.3, 0.4) is 0 Å². The number of rotatable bonds is 2. The average molecular weight is 158 g/mol. The van der Waals surface area contributed by atoms with E-state index in [2.05, 4.69) is 6.58 Å². The number of hydrogen-bond acceptors (Lipinski definition) is 2. The summed E-state index contributed by atoms with van der Waals surface area (Å²) in [5.41, 5.74) is 0. The van der Waals surface area contributed by atoms with Crippen molar-refractivity contribution in [3.05, 3.63) is 24.8 Å². The highest BCUT2D eigenvalue weighted by Crippen LogP contribution is 2.15. The quantitative estimate of drug-likeness (QED) is 0.560. The average Bonchev–Trinajstić information content (AvgIpc) is 2.13. The zero-order valence-corrected chi connectivity index (χ0v) is 6.47. The second-order valence-corrected chi connectivity index (χ2v) is 4.59. The molecule has 0 aromatic carbocycles. The smallest absolute Gasteiger partial charge is 0.160 e. The summed E-state index contributed by atoms with van der Waals surface area (Å²) in [6.45, 7) is 3.49. The zero-order valence-electron chi connectivity index (χ0n) is 5.66. The van der Waals surface area contributed by atoms with Crippen LogP contribution in [0.2, 0.25) is 0 Å². The van der Waals surface area contributed by atoms with E-state index in [1.807, 2.05) is 0 Å². The van der Waals surface area contributed by atoms with Gasteiger partial charge in [0.15, 0.2) is 9.84 Å². The van der Waals surface area contributed by atoms with Crippen LogP contribution in [-0.2, 0) is 9.84 Å². The molecule has 1 aliphatic rings. The molecule has 0 fully saturated rings. The Morgan fingerprint density at radius 3 is 2.80 bits per heavy atom. The number of allylic oxidation sites excluding steroid dienone is 1. The minimum absolute atomic E-state index is 0.200. The maximum absolute atomic E-state index is 11.0. The summed E-state index contributed by atoms with van der Waals surface area (Å²) in [6.07, 6.45) is 5.61. The monoisotopic (exact) mass is 158 g/mol. The Labute approximate surface area is 61.2 Å². The highest BCUT2D eigenvalue weighted by atomic mass is 32.2. The Morgan fingerprint density at radius 2 is 2.40 bits per heavy atom. The van der Waals surface area contributed by atoms with Crippen molar-refractivity contribution >= 4 is 9.84 Å². The SMILES string of the molecule is C=CCC1C=CCS1(=O)=O. The van der Waals surface area contributed by atoms with E-state index in [0.717, 1.165) is 0 Å². The van der Waals surface area contributed by atoms with Gasteiger partial charge >= 0.3 is 0 Å². The van der Waals surface area contributed by atoms with Crippen LogP contribution in [0.25, 0.3) is 0 Å². The molecular formula is C7H10O2S. The maximum Gasteiger partial charge on any atom is 0.160 e. The van der Waals surface area contributed by atoms with Gasteiger partial charge in [-0.3, -0.25) is 0 Å². The molecule has 2 nitrogen and oxygen atoms in total. The van der Waals surface area contributed by atoms with Crippen molar-refractivity contribution in [3.63, 3.8) is 0 Å². The summed E-state index contributed by atoms with van der Waals surface area (Å²) in [6, 6.07) is 0. The second-order valence-electron chi connectivity index (χ2n) is 2.32. The second kappa shape index (κ2) is 2.58. The molecule has 0 aliphatic carbocycles. The predicted molar refractivity (Wildman–Crippen MR) is 41.5 cm³/mol. The van der Waals surface area contributed by atoms with Gasteiger partial charge in [0, 0.05) is 0 Å². The molecule has 0 saturated carbocycles. The van der Waals surface area contributed by atoms with E-state index >= 15 is 0 Å². The van der Waals surface area contributed by atoms with Gasteiger partial charge < -0.3 is 0 Å². The lowest BCUT2D eigenvalue weighted by Crippen LogP contribution is -2.14. The highest BCUT2D eigenvalue weighted by molar-refractivity contribution is 7.92. The van der Waals surface area contributed by atoms with Crippen LogP contribution in [0.5, 0.6) is 0 Å². The predicted octanol–water partition coefficient (Wildman–Crippen LogP) is 0.916. The molecule has 3 heteroatoms. The third kappa shape index (κ3) is 1.29. The Kier molecular flexibility index (Phi) is 1.94. The van der Waals surface area contributed by atoms with Gasteiger partial charge in [-0.1, -0.05) is 18.2 Å². The first-order valence-corrected chi connectivity index (χ1v) is 4.87. The molecule has 1 atom stereocenters. The van der Waals surface area contributed by atoms with E-state index in [1.165, 1.54) is 0 Å². The van der Waals surface area contributed by atoms with Crippen LogP contribution in [0.15, 0.2) is 24.8 Å². The van der Waals surface area contributed by atoms with E-state index in [1.54, 1.807) is 18.2 Å². The lowest BCUT2D eigenvalue weighted by atomic mass is 10.3. The van der Waals surface area contributed by atoms with Crippen LogP contribution in [-0.4, -0.2) is 19.4 Å². The van der Waals surface area contributed by atoms with Crippen LogP contribution in [0.1, 0.15) is 6.42 Å². The summed E-state index contributed by atoms with van der Waals surface area (Å²) in [5, 5.41) is -0.301. The van der Waals surface area contributed by atoms with Gasteiger partial charge in [0.25, 0.3) is 0 Å². The fourth-order valence-corrected chi connectivity index (χ4v) is 2.38. The topological polar surface area (TPSA) is 34.1 Å². The molecule has 1 heterocycles. The molecule has 0 radical (unpaired) electrons. The van der Waals surface area contributed by atoms with E-state index in [0.29, 0.717) is 6.42 Å². The molecular weight excluding hydrogens is 148 g/mol. The minimum atomic E-state index is -2.83. The van der Waals surface area contributed by atoms with Crippen molar-refractivity contribution in [2.45, 2.75) is 11.7 Å². The molecule has 0 spiro atoms. The van der Waals surface area contributed by atoms with Crippen LogP contribution < -0.4 is 0 Å². The van der Waals surface area contributed by atoms with Gasteiger partial charge in [0.2, 0.25) is 0 Å². The van der Waals surface area contributed by atoms with Gasteiger partial charge in [-0.05, 0) is 6.42 Å².